The molecule has 1 aromatic heterocycles. The lowest BCUT2D eigenvalue weighted by molar-refractivity contribution is 0.0698. The summed E-state index contributed by atoms with van der Waals surface area (Å²) in [6, 6.07) is 1.84. The molecular formula is C11H21N3O3. The zero-order valence-electron chi connectivity index (χ0n) is 10.2. The number of hydrogen-bond acceptors (Lipinski definition) is 5. The van der Waals surface area contributed by atoms with Crippen LogP contribution in [0.3, 0.4) is 0 Å². The molecule has 1 heterocycles. The highest BCUT2D eigenvalue weighted by atomic mass is 16.5. The van der Waals surface area contributed by atoms with Crippen molar-refractivity contribution in [3.8, 4) is 0 Å². The second-order valence-corrected chi connectivity index (χ2v) is 3.69. The fraction of sp³-hybridized carbons (Fsp3) is 0.727. The SMILES string of the molecule is COCCOCCNCC(O)Cn1cccn1. The summed E-state index contributed by atoms with van der Waals surface area (Å²) in [4.78, 5) is 0. The second-order valence-electron chi connectivity index (χ2n) is 3.69. The van der Waals surface area contributed by atoms with Crippen molar-refractivity contribution in [3.05, 3.63) is 18.5 Å². The molecule has 0 aromatic carbocycles. The van der Waals surface area contributed by atoms with Gasteiger partial charge >= 0.3 is 0 Å². The van der Waals surface area contributed by atoms with Gasteiger partial charge in [0.1, 0.15) is 0 Å². The number of hydrogen-bond donors (Lipinski definition) is 2. The van der Waals surface area contributed by atoms with E-state index in [4.69, 9.17) is 9.47 Å². The van der Waals surface area contributed by atoms with E-state index in [9.17, 15) is 5.11 Å². The first-order valence-corrected chi connectivity index (χ1v) is 5.76. The van der Waals surface area contributed by atoms with Gasteiger partial charge in [0.15, 0.2) is 0 Å². The van der Waals surface area contributed by atoms with Crippen LogP contribution in [0.1, 0.15) is 0 Å². The van der Waals surface area contributed by atoms with Crippen molar-refractivity contribution < 1.29 is 14.6 Å². The zero-order valence-corrected chi connectivity index (χ0v) is 10.2. The van der Waals surface area contributed by atoms with Crippen molar-refractivity contribution >= 4 is 0 Å². The summed E-state index contributed by atoms with van der Waals surface area (Å²) in [7, 11) is 1.65. The maximum Gasteiger partial charge on any atom is 0.0860 e. The van der Waals surface area contributed by atoms with E-state index in [1.807, 2.05) is 12.3 Å². The van der Waals surface area contributed by atoms with E-state index in [2.05, 4.69) is 10.4 Å². The molecule has 0 bridgehead atoms. The van der Waals surface area contributed by atoms with Crippen LogP contribution in [0.5, 0.6) is 0 Å². The molecule has 1 atom stereocenters. The van der Waals surface area contributed by atoms with E-state index >= 15 is 0 Å². The molecule has 1 aromatic rings. The molecule has 0 saturated carbocycles. The standard InChI is InChI=1S/C11H21N3O3/c1-16-7-8-17-6-4-12-9-11(15)10-14-5-2-3-13-14/h2-3,5,11-12,15H,4,6-10H2,1H3. The van der Waals surface area contributed by atoms with Gasteiger partial charge in [-0.1, -0.05) is 0 Å². The Morgan fingerprint density at radius 2 is 2.29 bits per heavy atom. The molecular weight excluding hydrogens is 222 g/mol. The summed E-state index contributed by atoms with van der Waals surface area (Å²) < 4.78 is 11.8. The lowest BCUT2D eigenvalue weighted by atomic mass is 10.3. The predicted octanol–water partition coefficient (Wildman–Crippen LogP) is -0.503. The third-order valence-electron chi connectivity index (χ3n) is 2.19. The van der Waals surface area contributed by atoms with Gasteiger partial charge in [-0.15, -0.1) is 0 Å². The summed E-state index contributed by atoms with van der Waals surface area (Å²) in [5, 5.41) is 16.8. The fourth-order valence-corrected chi connectivity index (χ4v) is 1.35. The van der Waals surface area contributed by atoms with Crippen LogP contribution in [-0.4, -0.2) is 61.0 Å². The minimum absolute atomic E-state index is 0.436. The Labute approximate surface area is 102 Å². The molecule has 6 heteroatoms. The van der Waals surface area contributed by atoms with Gasteiger partial charge in [0.2, 0.25) is 0 Å². The van der Waals surface area contributed by atoms with Gasteiger partial charge in [0.05, 0.1) is 32.5 Å². The predicted molar refractivity (Wildman–Crippen MR) is 63.8 cm³/mol. The minimum Gasteiger partial charge on any atom is -0.390 e. The van der Waals surface area contributed by atoms with Crippen LogP contribution in [0, 0.1) is 0 Å². The highest BCUT2D eigenvalue weighted by Gasteiger charge is 2.04. The Kier molecular flexibility index (Phi) is 7.57. The van der Waals surface area contributed by atoms with Crippen LogP contribution in [0.15, 0.2) is 18.5 Å². The summed E-state index contributed by atoms with van der Waals surface area (Å²) in [5.41, 5.74) is 0. The molecule has 0 fully saturated rings. The molecule has 98 valence electrons. The summed E-state index contributed by atoms with van der Waals surface area (Å²) >= 11 is 0. The maximum absolute atomic E-state index is 9.68. The molecule has 0 spiro atoms. The van der Waals surface area contributed by atoms with Gasteiger partial charge in [-0.25, -0.2) is 0 Å². The van der Waals surface area contributed by atoms with Crippen molar-refractivity contribution in [1.29, 1.82) is 0 Å². The Hall–Kier alpha value is -0.950. The van der Waals surface area contributed by atoms with Crippen LogP contribution >= 0.6 is 0 Å². The number of aliphatic hydroxyl groups excluding tert-OH is 1. The van der Waals surface area contributed by atoms with E-state index in [0.717, 1.165) is 6.54 Å². The van der Waals surface area contributed by atoms with Gasteiger partial charge in [-0.2, -0.15) is 5.10 Å². The third kappa shape index (κ3) is 7.06. The smallest absolute Gasteiger partial charge is 0.0860 e. The van der Waals surface area contributed by atoms with Crippen LogP contribution in [-0.2, 0) is 16.0 Å². The number of aromatic nitrogens is 2. The molecule has 6 nitrogen and oxygen atoms in total. The molecule has 0 aliphatic carbocycles. The maximum atomic E-state index is 9.68. The summed E-state index contributed by atoms with van der Waals surface area (Å²) in [6.07, 6.45) is 3.09. The lowest BCUT2D eigenvalue weighted by Crippen LogP contribution is -2.32. The van der Waals surface area contributed by atoms with Gasteiger partial charge in [-0.3, -0.25) is 4.68 Å². The van der Waals surface area contributed by atoms with Gasteiger partial charge in [-0.05, 0) is 6.07 Å². The average Bonchev–Trinajstić information content (AvgIpc) is 2.80. The number of rotatable bonds is 10. The van der Waals surface area contributed by atoms with Crippen molar-refractivity contribution in [2.24, 2.45) is 0 Å². The summed E-state index contributed by atoms with van der Waals surface area (Å²) in [5.74, 6) is 0. The topological polar surface area (TPSA) is 68.5 Å². The highest BCUT2D eigenvalue weighted by Crippen LogP contribution is 1.89. The fourth-order valence-electron chi connectivity index (χ4n) is 1.35. The molecule has 0 aliphatic heterocycles. The van der Waals surface area contributed by atoms with E-state index in [1.54, 1.807) is 18.0 Å². The number of ether oxygens (including phenoxy) is 2. The number of nitrogens with zero attached hydrogens (tertiary/aromatic N) is 2. The van der Waals surface area contributed by atoms with Crippen molar-refractivity contribution in [2.45, 2.75) is 12.6 Å². The molecule has 0 aliphatic rings. The van der Waals surface area contributed by atoms with Gasteiger partial charge in [0, 0.05) is 32.6 Å². The van der Waals surface area contributed by atoms with Crippen LogP contribution in [0.2, 0.25) is 0 Å². The first kappa shape index (κ1) is 14.1. The number of nitrogens with one attached hydrogen (secondary N) is 1. The molecule has 1 unspecified atom stereocenters. The zero-order chi connectivity index (χ0) is 12.3. The molecule has 0 radical (unpaired) electrons. The van der Waals surface area contributed by atoms with Crippen molar-refractivity contribution in [2.75, 3.05) is 40.0 Å². The second kappa shape index (κ2) is 9.12. The molecule has 2 N–H and O–H groups in total. The Morgan fingerprint density at radius 3 is 3.00 bits per heavy atom. The van der Waals surface area contributed by atoms with E-state index in [1.165, 1.54) is 0 Å². The normalized spacial score (nSPS) is 12.8. The third-order valence-corrected chi connectivity index (χ3v) is 2.19. The Morgan fingerprint density at radius 1 is 1.41 bits per heavy atom. The van der Waals surface area contributed by atoms with Gasteiger partial charge in [0.25, 0.3) is 0 Å². The van der Waals surface area contributed by atoms with Crippen LogP contribution in [0.4, 0.5) is 0 Å². The number of aliphatic hydroxyl groups is 1. The number of methoxy groups -OCH3 is 1. The summed E-state index contributed by atoms with van der Waals surface area (Å²) in [6.45, 7) is 3.60. The molecule has 0 amide bonds. The van der Waals surface area contributed by atoms with E-state index < -0.39 is 6.10 Å². The largest absolute Gasteiger partial charge is 0.390 e. The lowest BCUT2D eigenvalue weighted by Gasteiger charge is -2.12. The van der Waals surface area contributed by atoms with E-state index in [0.29, 0.717) is 32.9 Å². The first-order chi connectivity index (χ1) is 8.33. The van der Waals surface area contributed by atoms with Gasteiger partial charge < -0.3 is 19.9 Å². The Bertz CT molecular complexity index is 267. The van der Waals surface area contributed by atoms with E-state index in [-0.39, 0.29) is 0 Å². The van der Waals surface area contributed by atoms with Crippen LogP contribution in [0.25, 0.3) is 0 Å². The molecule has 1 rings (SSSR count). The highest BCUT2D eigenvalue weighted by molar-refractivity contribution is 4.78. The van der Waals surface area contributed by atoms with Crippen LogP contribution < -0.4 is 5.32 Å². The average molecular weight is 243 g/mol. The quantitative estimate of drug-likeness (QED) is 0.542. The first-order valence-electron chi connectivity index (χ1n) is 5.76. The monoisotopic (exact) mass is 243 g/mol. The minimum atomic E-state index is -0.436. The molecule has 17 heavy (non-hydrogen) atoms. The molecule has 0 saturated heterocycles. The van der Waals surface area contributed by atoms with Crippen molar-refractivity contribution in [1.82, 2.24) is 15.1 Å². The van der Waals surface area contributed by atoms with Crippen molar-refractivity contribution in [3.63, 3.8) is 0 Å². The Balaban J connectivity index is 1.92.